The first-order chi connectivity index (χ1) is 8.78. The van der Waals surface area contributed by atoms with Gasteiger partial charge < -0.3 is 14.8 Å². The standard InChI is InChI=1S/C15H23NO3/c1-11(2)9-15(4,18)10-16-14(17)8-7-13-6-5-12(3)19-13/h5-8,11,18H,9-10H2,1-4H3,(H,16,17). The molecule has 1 aromatic rings. The molecule has 0 aliphatic rings. The largest absolute Gasteiger partial charge is 0.462 e. The Bertz CT molecular complexity index is 444. The molecular formula is C15H23NO3. The molecule has 0 bridgehead atoms. The maximum absolute atomic E-state index is 11.6. The average molecular weight is 265 g/mol. The SMILES string of the molecule is Cc1ccc(C=CC(=O)NCC(C)(O)CC(C)C)o1. The average Bonchev–Trinajstić information content (AvgIpc) is 2.68. The second kappa shape index (κ2) is 6.57. The highest BCUT2D eigenvalue weighted by Crippen LogP contribution is 2.15. The van der Waals surface area contributed by atoms with E-state index >= 15 is 0 Å². The van der Waals surface area contributed by atoms with E-state index < -0.39 is 5.60 Å². The summed E-state index contributed by atoms with van der Waals surface area (Å²) >= 11 is 0. The van der Waals surface area contributed by atoms with Gasteiger partial charge in [0.15, 0.2) is 0 Å². The molecule has 4 heteroatoms. The molecule has 2 N–H and O–H groups in total. The zero-order valence-electron chi connectivity index (χ0n) is 12.1. The Morgan fingerprint density at radius 2 is 2.21 bits per heavy atom. The van der Waals surface area contributed by atoms with Crippen molar-refractivity contribution in [2.24, 2.45) is 5.92 Å². The summed E-state index contributed by atoms with van der Waals surface area (Å²) in [4.78, 5) is 11.6. The number of hydrogen-bond donors (Lipinski definition) is 2. The summed E-state index contributed by atoms with van der Waals surface area (Å²) in [5, 5.41) is 12.8. The van der Waals surface area contributed by atoms with Crippen LogP contribution in [0.5, 0.6) is 0 Å². The lowest BCUT2D eigenvalue weighted by molar-refractivity contribution is -0.117. The van der Waals surface area contributed by atoms with Crippen LogP contribution in [0, 0.1) is 12.8 Å². The van der Waals surface area contributed by atoms with Gasteiger partial charge in [0.1, 0.15) is 11.5 Å². The molecule has 0 radical (unpaired) electrons. The zero-order chi connectivity index (χ0) is 14.5. The topological polar surface area (TPSA) is 62.5 Å². The van der Waals surface area contributed by atoms with Crippen LogP contribution in [0.3, 0.4) is 0 Å². The molecule has 0 fully saturated rings. The summed E-state index contributed by atoms with van der Waals surface area (Å²) in [6, 6.07) is 3.64. The van der Waals surface area contributed by atoms with Crippen molar-refractivity contribution in [2.45, 2.75) is 39.7 Å². The van der Waals surface area contributed by atoms with E-state index in [-0.39, 0.29) is 12.5 Å². The molecule has 106 valence electrons. The lowest BCUT2D eigenvalue weighted by atomic mass is 9.94. The number of furan rings is 1. The van der Waals surface area contributed by atoms with E-state index in [4.69, 9.17) is 4.42 Å². The van der Waals surface area contributed by atoms with E-state index in [2.05, 4.69) is 5.32 Å². The molecule has 0 aliphatic carbocycles. The van der Waals surface area contributed by atoms with Gasteiger partial charge in [-0.1, -0.05) is 13.8 Å². The Morgan fingerprint density at radius 1 is 1.53 bits per heavy atom. The molecule has 1 atom stereocenters. The summed E-state index contributed by atoms with van der Waals surface area (Å²) < 4.78 is 5.32. The summed E-state index contributed by atoms with van der Waals surface area (Å²) in [6.45, 7) is 7.89. The van der Waals surface area contributed by atoms with Crippen molar-refractivity contribution in [3.63, 3.8) is 0 Å². The molecule has 0 spiro atoms. The van der Waals surface area contributed by atoms with Crippen LogP contribution >= 0.6 is 0 Å². The number of nitrogens with one attached hydrogen (secondary N) is 1. The number of hydrogen-bond acceptors (Lipinski definition) is 3. The maximum Gasteiger partial charge on any atom is 0.244 e. The third-order valence-corrected chi connectivity index (χ3v) is 2.65. The normalized spacial score (nSPS) is 14.8. The molecule has 1 unspecified atom stereocenters. The van der Waals surface area contributed by atoms with Crippen molar-refractivity contribution in [1.82, 2.24) is 5.32 Å². The Labute approximate surface area is 114 Å². The van der Waals surface area contributed by atoms with Gasteiger partial charge >= 0.3 is 0 Å². The van der Waals surface area contributed by atoms with Gasteiger partial charge in [-0.05, 0) is 44.4 Å². The molecule has 1 aromatic heterocycles. The van der Waals surface area contributed by atoms with Gasteiger partial charge in [0.2, 0.25) is 5.91 Å². The van der Waals surface area contributed by atoms with E-state index in [1.807, 2.05) is 26.8 Å². The van der Waals surface area contributed by atoms with Crippen LogP contribution in [0.15, 0.2) is 22.6 Å². The van der Waals surface area contributed by atoms with Crippen LogP contribution in [-0.4, -0.2) is 23.2 Å². The molecule has 0 saturated heterocycles. The van der Waals surface area contributed by atoms with Crippen molar-refractivity contribution in [3.8, 4) is 0 Å². The molecular weight excluding hydrogens is 242 g/mol. The lowest BCUT2D eigenvalue weighted by Gasteiger charge is -2.25. The molecule has 0 aliphatic heterocycles. The number of aliphatic hydroxyl groups is 1. The van der Waals surface area contributed by atoms with E-state index in [9.17, 15) is 9.90 Å². The van der Waals surface area contributed by atoms with Crippen LogP contribution in [0.4, 0.5) is 0 Å². The lowest BCUT2D eigenvalue weighted by Crippen LogP contribution is -2.40. The Morgan fingerprint density at radius 3 is 2.74 bits per heavy atom. The molecule has 1 heterocycles. The molecule has 1 amide bonds. The quantitative estimate of drug-likeness (QED) is 0.777. The first-order valence-electron chi connectivity index (χ1n) is 6.53. The minimum atomic E-state index is -0.876. The summed E-state index contributed by atoms with van der Waals surface area (Å²) in [5.74, 6) is 1.59. The zero-order valence-corrected chi connectivity index (χ0v) is 12.1. The Balaban J connectivity index is 2.41. The van der Waals surface area contributed by atoms with E-state index in [1.165, 1.54) is 6.08 Å². The number of carbonyl (C=O) groups excluding carboxylic acids is 1. The van der Waals surface area contributed by atoms with Gasteiger partial charge in [0.25, 0.3) is 0 Å². The van der Waals surface area contributed by atoms with E-state index in [0.29, 0.717) is 18.1 Å². The number of amides is 1. The maximum atomic E-state index is 11.6. The Hall–Kier alpha value is -1.55. The molecule has 19 heavy (non-hydrogen) atoms. The molecule has 0 saturated carbocycles. The van der Waals surface area contributed by atoms with Crippen molar-refractivity contribution < 1.29 is 14.3 Å². The first-order valence-corrected chi connectivity index (χ1v) is 6.53. The fraction of sp³-hybridized carbons (Fsp3) is 0.533. The Kier molecular flexibility index (Phi) is 5.36. The minimum absolute atomic E-state index is 0.238. The summed E-state index contributed by atoms with van der Waals surface area (Å²) in [5.41, 5.74) is -0.876. The summed E-state index contributed by atoms with van der Waals surface area (Å²) in [6.07, 6.45) is 3.66. The van der Waals surface area contributed by atoms with Crippen LogP contribution in [-0.2, 0) is 4.79 Å². The highest BCUT2D eigenvalue weighted by Gasteiger charge is 2.21. The smallest absolute Gasteiger partial charge is 0.244 e. The molecule has 0 aromatic carbocycles. The van der Waals surface area contributed by atoms with Crippen LogP contribution in [0.25, 0.3) is 6.08 Å². The number of carbonyl (C=O) groups is 1. The van der Waals surface area contributed by atoms with Crippen LogP contribution in [0.1, 0.15) is 38.7 Å². The van der Waals surface area contributed by atoms with Crippen molar-refractivity contribution in [1.29, 1.82) is 0 Å². The van der Waals surface area contributed by atoms with Crippen LogP contribution < -0.4 is 5.32 Å². The minimum Gasteiger partial charge on any atom is -0.462 e. The van der Waals surface area contributed by atoms with Crippen LogP contribution in [0.2, 0.25) is 0 Å². The van der Waals surface area contributed by atoms with Crippen molar-refractivity contribution in [2.75, 3.05) is 6.54 Å². The van der Waals surface area contributed by atoms with Gasteiger partial charge in [0.05, 0.1) is 5.60 Å². The monoisotopic (exact) mass is 265 g/mol. The number of aryl methyl sites for hydroxylation is 1. The van der Waals surface area contributed by atoms with Crippen molar-refractivity contribution in [3.05, 3.63) is 29.7 Å². The van der Waals surface area contributed by atoms with Crippen molar-refractivity contribution >= 4 is 12.0 Å². The fourth-order valence-electron chi connectivity index (χ4n) is 1.99. The predicted octanol–water partition coefficient (Wildman–Crippen LogP) is 2.51. The van der Waals surface area contributed by atoms with Gasteiger partial charge in [-0.15, -0.1) is 0 Å². The highest BCUT2D eigenvalue weighted by atomic mass is 16.3. The second-order valence-electron chi connectivity index (χ2n) is 5.59. The highest BCUT2D eigenvalue weighted by molar-refractivity contribution is 5.91. The van der Waals surface area contributed by atoms with Gasteiger partial charge in [-0.2, -0.15) is 0 Å². The first kappa shape index (κ1) is 15.5. The number of rotatable bonds is 6. The van der Waals surface area contributed by atoms with Gasteiger partial charge in [0, 0.05) is 12.6 Å². The third-order valence-electron chi connectivity index (χ3n) is 2.65. The molecule has 1 rings (SSSR count). The van der Waals surface area contributed by atoms with E-state index in [1.54, 1.807) is 19.1 Å². The van der Waals surface area contributed by atoms with Gasteiger partial charge in [-0.25, -0.2) is 0 Å². The summed E-state index contributed by atoms with van der Waals surface area (Å²) in [7, 11) is 0. The molecule has 4 nitrogen and oxygen atoms in total. The predicted molar refractivity (Wildman–Crippen MR) is 75.6 cm³/mol. The van der Waals surface area contributed by atoms with Gasteiger partial charge in [-0.3, -0.25) is 4.79 Å². The third kappa shape index (κ3) is 6.25. The fourth-order valence-corrected chi connectivity index (χ4v) is 1.99. The van der Waals surface area contributed by atoms with E-state index in [0.717, 1.165) is 5.76 Å². The second-order valence-corrected chi connectivity index (χ2v) is 5.59.